The van der Waals surface area contributed by atoms with Gasteiger partial charge in [-0.15, -0.1) is 0 Å². The smallest absolute Gasteiger partial charge is 0.338 e. The number of benzene rings is 2. The lowest BCUT2D eigenvalue weighted by atomic mass is 9.99. The SMILES string of the molecule is CC[Si](CC)(CC)O[C@H]1[C@H](OCc2ccccc2)[C@H](OC(C)=O)[C@@H](F)O[C@@H]1COC(=O)c1ccccc1. The highest BCUT2D eigenvalue weighted by molar-refractivity contribution is 6.73. The third kappa shape index (κ3) is 7.70. The van der Waals surface area contributed by atoms with Crippen molar-refractivity contribution in [2.45, 2.75) is 83.2 Å². The molecular weight excluding hydrogens is 495 g/mol. The Labute approximate surface area is 219 Å². The van der Waals surface area contributed by atoms with E-state index < -0.39 is 51.0 Å². The van der Waals surface area contributed by atoms with Crippen LogP contribution >= 0.6 is 0 Å². The molecule has 0 radical (unpaired) electrons. The summed E-state index contributed by atoms with van der Waals surface area (Å²) in [5, 5.41) is 0. The molecule has 1 fully saturated rings. The van der Waals surface area contributed by atoms with Crippen LogP contribution in [0, 0.1) is 0 Å². The third-order valence-corrected chi connectivity index (χ3v) is 11.5. The average Bonchev–Trinajstić information content (AvgIpc) is 2.92. The van der Waals surface area contributed by atoms with Gasteiger partial charge >= 0.3 is 11.9 Å². The van der Waals surface area contributed by atoms with Crippen LogP contribution in [0.4, 0.5) is 4.39 Å². The van der Waals surface area contributed by atoms with Gasteiger partial charge in [0, 0.05) is 6.92 Å². The molecule has 0 N–H and O–H groups in total. The first-order valence-electron chi connectivity index (χ1n) is 12.8. The van der Waals surface area contributed by atoms with Gasteiger partial charge in [0.15, 0.2) is 14.4 Å². The lowest BCUT2D eigenvalue weighted by Crippen LogP contribution is -2.63. The van der Waals surface area contributed by atoms with Crippen LogP contribution in [-0.4, -0.2) is 57.6 Å². The van der Waals surface area contributed by atoms with E-state index in [2.05, 4.69) is 20.8 Å². The average molecular weight is 533 g/mol. The first-order valence-corrected chi connectivity index (χ1v) is 15.4. The molecule has 3 rings (SSSR count). The van der Waals surface area contributed by atoms with Gasteiger partial charge in [-0.3, -0.25) is 4.79 Å². The van der Waals surface area contributed by atoms with Crippen molar-refractivity contribution >= 4 is 20.3 Å². The fraction of sp³-hybridized carbons (Fsp3) is 0.500. The number of halogens is 1. The van der Waals surface area contributed by atoms with E-state index in [1.807, 2.05) is 30.3 Å². The van der Waals surface area contributed by atoms with Gasteiger partial charge in [0.2, 0.25) is 6.36 Å². The van der Waals surface area contributed by atoms with Crippen LogP contribution in [0.25, 0.3) is 0 Å². The highest BCUT2D eigenvalue weighted by Crippen LogP contribution is 2.34. The molecule has 2 aromatic rings. The van der Waals surface area contributed by atoms with Crippen molar-refractivity contribution in [1.82, 2.24) is 0 Å². The number of rotatable bonds is 12. The number of alkyl halides is 1. The van der Waals surface area contributed by atoms with Crippen LogP contribution in [0.15, 0.2) is 60.7 Å². The van der Waals surface area contributed by atoms with E-state index in [0.717, 1.165) is 23.7 Å². The van der Waals surface area contributed by atoms with Gasteiger partial charge in [-0.05, 0) is 35.8 Å². The van der Waals surface area contributed by atoms with E-state index in [4.69, 9.17) is 23.4 Å². The van der Waals surface area contributed by atoms with Crippen molar-refractivity contribution in [3.8, 4) is 0 Å². The van der Waals surface area contributed by atoms with Crippen molar-refractivity contribution in [3.05, 3.63) is 71.8 Å². The minimum absolute atomic E-state index is 0.158. The Morgan fingerprint density at radius 3 is 2.05 bits per heavy atom. The quantitative estimate of drug-likeness (QED) is 0.266. The zero-order valence-corrected chi connectivity index (χ0v) is 22.9. The molecule has 0 unspecified atom stereocenters. The van der Waals surface area contributed by atoms with Crippen LogP contribution in [0.5, 0.6) is 0 Å². The fourth-order valence-corrected chi connectivity index (χ4v) is 7.38. The highest BCUT2D eigenvalue weighted by atomic mass is 28.4. The number of carbonyl (C=O) groups excluding carboxylic acids is 2. The predicted molar refractivity (Wildman–Crippen MR) is 139 cm³/mol. The minimum Gasteiger partial charge on any atom is -0.459 e. The number of carbonyl (C=O) groups is 2. The number of ether oxygens (including phenoxy) is 4. The largest absolute Gasteiger partial charge is 0.459 e. The van der Waals surface area contributed by atoms with Gasteiger partial charge in [0.05, 0.1) is 12.2 Å². The Hall–Kier alpha value is -2.59. The summed E-state index contributed by atoms with van der Waals surface area (Å²) in [5.41, 5.74) is 1.25. The molecular formula is C28H37FO7Si. The summed E-state index contributed by atoms with van der Waals surface area (Å²) >= 11 is 0. The molecule has 9 heteroatoms. The van der Waals surface area contributed by atoms with Crippen LogP contribution < -0.4 is 0 Å². The highest BCUT2D eigenvalue weighted by Gasteiger charge is 2.52. The van der Waals surface area contributed by atoms with Gasteiger partial charge in [0.1, 0.15) is 24.9 Å². The number of hydrogen-bond acceptors (Lipinski definition) is 7. The maximum absolute atomic E-state index is 15.4. The normalized spacial score (nSPS) is 23.9. The summed E-state index contributed by atoms with van der Waals surface area (Å²) in [6.45, 7) is 7.37. The first kappa shape index (κ1) is 29.0. The van der Waals surface area contributed by atoms with E-state index in [1.165, 1.54) is 6.92 Å². The molecule has 0 aromatic heterocycles. The monoisotopic (exact) mass is 532 g/mol. The molecule has 202 valence electrons. The maximum atomic E-state index is 15.4. The molecule has 37 heavy (non-hydrogen) atoms. The van der Waals surface area contributed by atoms with Gasteiger partial charge in [-0.2, -0.15) is 0 Å². The summed E-state index contributed by atoms with van der Waals surface area (Å²) in [4.78, 5) is 24.5. The van der Waals surface area contributed by atoms with Gasteiger partial charge in [-0.25, -0.2) is 9.18 Å². The van der Waals surface area contributed by atoms with E-state index in [9.17, 15) is 9.59 Å². The second kappa shape index (κ2) is 13.8. The van der Waals surface area contributed by atoms with Crippen LogP contribution in [0.2, 0.25) is 18.1 Å². The molecule has 0 saturated carbocycles. The van der Waals surface area contributed by atoms with Crippen molar-refractivity contribution < 1.29 is 37.4 Å². The van der Waals surface area contributed by atoms with Gasteiger partial charge in [0.25, 0.3) is 0 Å². The second-order valence-corrected chi connectivity index (χ2v) is 13.9. The molecule has 1 aliphatic rings. The van der Waals surface area contributed by atoms with Crippen molar-refractivity contribution in [1.29, 1.82) is 0 Å². The molecule has 0 amide bonds. The molecule has 0 bridgehead atoms. The van der Waals surface area contributed by atoms with E-state index in [0.29, 0.717) is 5.56 Å². The summed E-state index contributed by atoms with van der Waals surface area (Å²) < 4.78 is 44.9. The van der Waals surface area contributed by atoms with Gasteiger partial charge < -0.3 is 23.4 Å². The second-order valence-electron chi connectivity index (χ2n) is 9.15. The maximum Gasteiger partial charge on any atom is 0.338 e. The zero-order chi connectivity index (χ0) is 26.8. The van der Waals surface area contributed by atoms with Gasteiger partial charge in [-0.1, -0.05) is 69.3 Å². The van der Waals surface area contributed by atoms with Crippen molar-refractivity contribution in [2.24, 2.45) is 0 Å². The van der Waals surface area contributed by atoms with E-state index in [1.54, 1.807) is 30.3 Å². The summed E-state index contributed by atoms with van der Waals surface area (Å²) in [6, 6.07) is 20.5. The molecule has 5 atom stereocenters. The fourth-order valence-electron chi connectivity index (χ4n) is 4.52. The van der Waals surface area contributed by atoms with E-state index in [-0.39, 0.29) is 13.2 Å². The Kier molecular flexibility index (Phi) is 10.8. The summed E-state index contributed by atoms with van der Waals surface area (Å²) in [5.74, 6) is -1.20. The Morgan fingerprint density at radius 1 is 0.892 bits per heavy atom. The molecule has 7 nitrogen and oxygen atoms in total. The third-order valence-electron chi connectivity index (χ3n) is 6.87. The summed E-state index contributed by atoms with van der Waals surface area (Å²) in [7, 11) is -2.27. The Bertz CT molecular complexity index is 978. The molecule has 0 aliphatic carbocycles. The lowest BCUT2D eigenvalue weighted by Gasteiger charge is -2.46. The standard InChI is InChI=1S/C28H37FO7Si/c1-5-37(6-2,7-3)36-24-23(19-33-28(31)22-16-12-9-13-17-22)35-27(29)26(34-20(4)30)25(24)32-18-21-14-10-8-11-15-21/h8-17,23-27H,5-7,18-19H2,1-4H3/t23-,24-,25+,26+,27+/m1/s1. The minimum atomic E-state index is -2.27. The molecule has 1 heterocycles. The first-order chi connectivity index (χ1) is 17.8. The number of esters is 2. The zero-order valence-electron chi connectivity index (χ0n) is 21.9. The molecule has 1 aliphatic heterocycles. The van der Waals surface area contributed by atoms with Crippen LogP contribution in [0.3, 0.4) is 0 Å². The van der Waals surface area contributed by atoms with Crippen LogP contribution in [-0.2, 0) is 34.8 Å². The number of hydrogen-bond donors (Lipinski definition) is 0. The Balaban J connectivity index is 1.91. The Morgan fingerprint density at radius 2 is 1.49 bits per heavy atom. The molecule has 1 saturated heterocycles. The summed E-state index contributed by atoms with van der Waals surface area (Å²) in [6.07, 6.45) is -6.04. The van der Waals surface area contributed by atoms with Crippen molar-refractivity contribution in [2.75, 3.05) is 6.61 Å². The molecule has 0 spiro atoms. The van der Waals surface area contributed by atoms with E-state index >= 15 is 4.39 Å². The molecule has 2 aromatic carbocycles. The van der Waals surface area contributed by atoms with Crippen molar-refractivity contribution in [3.63, 3.8) is 0 Å². The topological polar surface area (TPSA) is 80.3 Å². The lowest BCUT2D eigenvalue weighted by molar-refractivity contribution is -0.275. The van der Waals surface area contributed by atoms with Crippen LogP contribution in [0.1, 0.15) is 43.6 Å². The predicted octanol–water partition coefficient (Wildman–Crippen LogP) is 5.45.